The number of hydrogen-bond acceptors (Lipinski definition) is 1. The monoisotopic (exact) mass is 345 g/mol. The summed E-state index contributed by atoms with van der Waals surface area (Å²) in [5.41, 5.74) is 6.93. The van der Waals surface area contributed by atoms with Crippen LogP contribution >= 0.6 is 0 Å². The first kappa shape index (κ1) is 18.2. The average molecular weight is 345 g/mol. The summed E-state index contributed by atoms with van der Waals surface area (Å²) in [5.74, 6) is 0.513. The summed E-state index contributed by atoms with van der Waals surface area (Å²) in [6.07, 6.45) is 8.07. The van der Waals surface area contributed by atoms with Crippen molar-refractivity contribution in [3.63, 3.8) is 0 Å². The number of benzene rings is 2. The highest BCUT2D eigenvalue weighted by atomic mass is 16.1. The molecule has 3 rings (SSSR count). The molecule has 0 bridgehead atoms. The molecule has 0 heterocycles. The second-order valence-electron chi connectivity index (χ2n) is 7.08. The van der Waals surface area contributed by atoms with E-state index in [4.69, 9.17) is 0 Å². The fourth-order valence-electron chi connectivity index (χ4n) is 3.78. The molecule has 0 unspecified atom stereocenters. The van der Waals surface area contributed by atoms with Crippen molar-refractivity contribution in [2.75, 3.05) is 13.1 Å². The quantitative estimate of drug-likeness (QED) is 0.496. The molecular formula is C24H27NO. The molecule has 0 N–H and O–H groups in total. The van der Waals surface area contributed by atoms with Crippen LogP contribution in [0.15, 0.2) is 67.3 Å². The van der Waals surface area contributed by atoms with Crippen LogP contribution in [0.5, 0.6) is 0 Å². The van der Waals surface area contributed by atoms with Crippen molar-refractivity contribution in [3.05, 3.63) is 89.5 Å². The third-order valence-corrected chi connectivity index (χ3v) is 5.17. The molecule has 0 radical (unpaired) electrons. The van der Waals surface area contributed by atoms with Gasteiger partial charge in [-0.3, -0.25) is 4.79 Å². The molecule has 0 aliphatic heterocycles. The van der Waals surface area contributed by atoms with E-state index in [1.807, 2.05) is 0 Å². The van der Waals surface area contributed by atoms with Gasteiger partial charge in [0.25, 0.3) is 0 Å². The first-order valence-corrected chi connectivity index (χ1v) is 9.35. The summed E-state index contributed by atoms with van der Waals surface area (Å²) >= 11 is 0. The minimum Gasteiger partial charge on any atom is -0.341 e. The van der Waals surface area contributed by atoms with E-state index >= 15 is 0 Å². The maximum absolute atomic E-state index is 11.1. The van der Waals surface area contributed by atoms with Gasteiger partial charge in [-0.15, -0.1) is 6.58 Å². The summed E-state index contributed by atoms with van der Waals surface area (Å²) in [4.78, 5) is 12.9. The van der Waals surface area contributed by atoms with E-state index in [9.17, 15) is 4.79 Å². The number of aryl methyl sites for hydroxylation is 1. The Bertz CT molecular complexity index is 763. The summed E-state index contributed by atoms with van der Waals surface area (Å²) in [6.45, 7) is 7.17. The lowest BCUT2D eigenvalue weighted by Gasteiger charge is -2.18. The molecule has 0 fully saturated rings. The van der Waals surface area contributed by atoms with Crippen molar-refractivity contribution in [2.45, 2.75) is 26.2 Å². The predicted molar refractivity (Wildman–Crippen MR) is 109 cm³/mol. The number of carbonyl (C=O) groups excluding carboxylic acids is 1. The minimum absolute atomic E-state index is 0.513. The van der Waals surface area contributed by atoms with E-state index in [0.717, 1.165) is 32.2 Å². The molecule has 0 saturated carbocycles. The molecular weight excluding hydrogens is 318 g/mol. The van der Waals surface area contributed by atoms with Crippen molar-refractivity contribution in [2.24, 2.45) is 5.92 Å². The average Bonchev–Trinajstić information content (AvgIpc) is 3.09. The highest BCUT2D eigenvalue weighted by molar-refractivity contribution is 5.69. The van der Waals surface area contributed by atoms with E-state index in [2.05, 4.69) is 68.1 Å². The Balaban J connectivity index is 1.81. The van der Waals surface area contributed by atoms with Crippen LogP contribution < -0.4 is 0 Å². The number of rotatable bonds is 8. The molecule has 2 nitrogen and oxygen atoms in total. The van der Waals surface area contributed by atoms with Gasteiger partial charge in [-0.2, -0.15) is 0 Å². The molecule has 2 aromatic rings. The zero-order chi connectivity index (χ0) is 18.4. The molecule has 1 amide bonds. The largest absolute Gasteiger partial charge is 0.341 e. The fourth-order valence-corrected chi connectivity index (χ4v) is 3.78. The second-order valence-corrected chi connectivity index (χ2v) is 7.08. The third kappa shape index (κ3) is 4.32. The maximum Gasteiger partial charge on any atom is 0.209 e. The molecule has 0 atom stereocenters. The molecule has 0 spiro atoms. The van der Waals surface area contributed by atoms with Crippen molar-refractivity contribution in [1.82, 2.24) is 4.90 Å². The molecule has 134 valence electrons. The lowest BCUT2D eigenvalue weighted by molar-refractivity contribution is -0.117. The summed E-state index contributed by atoms with van der Waals surface area (Å²) < 4.78 is 0. The maximum atomic E-state index is 11.1. The van der Waals surface area contributed by atoms with Gasteiger partial charge >= 0.3 is 0 Å². The van der Waals surface area contributed by atoms with E-state index in [-0.39, 0.29) is 0 Å². The van der Waals surface area contributed by atoms with E-state index in [1.54, 1.807) is 11.0 Å². The van der Waals surface area contributed by atoms with Gasteiger partial charge in [-0.1, -0.05) is 66.2 Å². The van der Waals surface area contributed by atoms with Gasteiger partial charge in [0.1, 0.15) is 0 Å². The van der Waals surface area contributed by atoms with Gasteiger partial charge in [0.15, 0.2) is 0 Å². The minimum atomic E-state index is 0.513. The van der Waals surface area contributed by atoms with Crippen LogP contribution in [0.4, 0.5) is 0 Å². The molecule has 2 aromatic carbocycles. The van der Waals surface area contributed by atoms with Crippen molar-refractivity contribution in [3.8, 4) is 0 Å². The van der Waals surface area contributed by atoms with Crippen LogP contribution in [0.3, 0.4) is 0 Å². The van der Waals surface area contributed by atoms with E-state index in [1.165, 1.54) is 27.8 Å². The van der Waals surface area contributed by atoms with Crippen molar-refractivity contribution in [1.29, 1.82) is 0 Å². The first-order chi connectivity index (χ1) is 12.7. The number of amides is 1. The number of hydrogen-bond donors (Lipinski definition) is 0. The molecule has 1 aliphatic carbocycles. The molecule has 2 heteroatoms. The Kier molecular flexibility index (Phi) is 6.06. The Morgan fingerprint density at radius 3 is 2.35 bits per heavy atom. The number of nitrogens with zero attached hydrogens (tertiary/aromatic N) is 1. The van der Waals surface area contributed by atoms with Crippen LogP contribution in [0.2, 0.25) is 0 Å². The topological polar surface area (TPSA) is 20.3 Å². The Labute approximate surface area is 156 Å². The fraction of sp³-hybridized carbons (Fsp3) is 0.292. The standard InChI is InChI=1S/C24H27NO/c1-3-14-25(18-26)15-6-9-24(20-12-10-19(2)11-13-20)23-16-21-7-4-5-8-22(21)17-23/h3-5,7-13,18,23H,1,6,14-17H2,2H3. The van der Waals surface area contributed by atoms with Crippen LogP contribution in [0.25, 0.3) is 5.57 Å². The number of allylic oxidation sites excluding steroid dienone is 1. The van der Waals surface area contributed by atoms with Crippen molar-refractivity contribution < 1.29 is 4.79 Å². The zero-order valence-corrected chi connectivity index (χ0v) is 15.5. The van der Waals surface area contributed by atoms with Gasteiger partial charge in [-0.05, 0) is 54.4 Å². The van der Waals surface area contributed by atoms with E-state index < -0.39 is 0 Å². The summed E-state index contributed by atoms with van der Waals surface area (Å²) in [5, 5.41) is 0. The van der Waals surface area contributed by atoms with Gasteiger partial charge in [0.2, 0.25) is 6.41 Å². The lowest BCUT2D eigenvalue weighted by Crippen LogP contribution is -2.22. The van der Waals surface area contributed by atoms with Gasteiger partial charge in [-0.25, -0.2) is 0 Å². The van der Waals surface area contributed by atoms with Gasteiger partial charge in [0.05, 0.1) is 0 Å². The Hall–Kier alpha value is -2.61. The summed E-state index contributed by atoms with van der Waals surface area (Å²) in [6, 6.07) is 17.6. The van der Waals surface area contributed by atoms with Crippen LogP contribution in [-0.2, 0) is 17.6 Å². The number of carbonyl (C=O) groups is 1. The highest BCUT2D eigenvalue weighted by Crippen LogP contribution is 2.36. The van der Waals surface area contributed by atoms with Crippen LogP contribution in [0, 0.1) is 12.8 Å². The van der Waals surface area contributed by atoms with E-state index in [0.29, 0.717) is 12.5 Å². The van der Waals surface area contributed by atoms with Crippen LogP contribution in [0.1, 0.15) is 28.7 Å². The molecule has 0 saturated heterocycles. The SMILES string of the molecule is C=CCN(C=O)CCC=C(c1ccc(C)cc1)C1Cc2ccccc2C1. The summed E-state index contributed by atoms with van der Waals surface area (Å²) in [7, 11) is 0. The first-order valence-electron chi connectivity index (χ1n) is 9.35. The molecule has 1 aliphatic rings. The van der Waals surface area contributed by atoms with Gasteiger partial charge in [0, 0.05) is 13.1 Å². The lowest BCUT2D eigenvalue weighted by atomic mass is 9.89. The Morgan fingerprint density at radius 1 is 1.12 bits per heavy atom. The highest BCUT2D eigenvalue weighted by Gasteiger charge is 2.24. The van der Waals surface area contributed by atoms with Crippen molar-refractivity contribution >= 4 is 12.0 Å². The predicted octanol–water partition coefficient (Wildman–Crippen LogP) is 4.83. The smallest absolute Gasteiger partial charge is 0.209 e. The third-order valence-electron chi connectivity index (χ3n) is 5.17. The number of fused-ring (bicyclic) bond motifs is 1. The molecule has 26 heavy (non-hydrogen) atoms. The Morgan fingerprint density at radius 2 is 1.77 bits per heavy atom. The van der Waals surface area contributed by atoms with Gasteiger partial charge < -0.3 is 4.90 Å². The molecule has 0 aromatic heterocycles. The zero-order valence-electron chi connectivity index (χ0n) is 15.5. The second kappa shape index (κ2) is 8.66. The van der Waals surface area contributed by atoms with Crippen LogP contribution in [-0.4, -0.2) is 24.4 Å². The normalized spacial score (nSPS) is 14.1.